The van der Waals surface area contributed by atoms with Gasteiger partial charge in [-0.05, 0) is 35.9 Å². The zero-order valence-corrected chi connectivity index (χ0v) is 12.2. The molecule has 0 aliphatic carbocycles. The molecule has 2 aromatic rings. The maximum atomic E-state index is 12.7. The highest BCUT2D eigenvalue weighted by Crippen LogP contribution is 2.30. The summed E-state index contributed by atoms with van der Waals surface area (Å²) >= 11 is 0. The lowest BCUT2D eigenvalue weighted by Crippen LogP contribution is -2.17. The standard InChI is InChI=1S/C16H12F4N2O2/c17-13-6-4-11(5-7-13)9-21-24-10-15(23)22-14-3-1-2-12(8-14)16(18,19)20/h1-9H,10H2,(H,22,23)/b21-9+. The van der Waals surface area contributed by atoms with Gasteiger partial charge in [0.05, 0.1) is 11.8 Å². The van der Waals surface area contributed by atoms with Crippen molar-refractivity contribution in [3.05, 3.63) is 65.5 Å². The number of rotatable bonds is 5. The van der Waals surface area contributed by atoms with Crippen molar-refractivity contribution in [1.29, 1.82) is 0 Å². The van der Waals surface area contributed by atoms with Crippen LogP contribution in [0.5, 0.6) is 0 Å². The molecule has 0 aliphatic rings. The molecular formula is C16H12F4N2O2. The number of nitrogens with one attached hydrogen (secondary N) is 1. The van der Waals surface area contributed by atoms with Gasteiger partial charge in [-0.15, -0.1) is 0 Å². The molecule has 4 nitrogen and oxygen atoms in total. The van der Waals surface area contributed by atoms with Crippen LogP contribution in [0.2, 0.25) is 0 Å². The summed E-state index contributed by atoms with van der Waals surface area (Å²) in [7, 11) is 0. The third kappa shape index (κ3) is 5.38. The van der Waals surface area contributed by atoms with E-state index in [1.54, 1.807) is 0 Å². The van der Waals surface area contributed by atoms with Crippen LogP contribution in [0.15, 0.2) is 53.7 Å². The van der Waals surface area contributed by atoms with Crippen LogP contribution in [-0.4, -0.2) is 18.7 Å². The second-order valence-corrected chi connectivity index (χ2v) is 4.69. The molecule has 0 atom stereocenters. The summed E-state index contributed by atoms with van der Waals surface area (Å²) in [6.07, 6.45) is -3.21. The summed E-state index contributed by atoms with van der Waals surface area (Å²) in [5, 5.41) is 5.79. The molecule has 0 heterocycles. The average molecular weight is 340 g/mol. The molecule has 2 rings (SSSR count). The number of nitrogens with zero attached hydrogens (tertiary/aromatic N) is 1. The second-order valence-electron chi connectivity index (χ2n) is 4.69. The molecule has 0 aromatic heterocycles. The highest BCUT2D eigenvalue weighted by molar-refractivity contribution is 5.91. The molecule has 126 valence electrons. The average Bonchev–Trinajstić information content (AvgIpc) is 2.53. The summed E-state index contributed by atoms with van der Waals surface area (Å²) in [5.74, 6) is -1.06. The van der Waals surface area contributed by atoms with Crippen LogP contribution in [0.1, 0.15) is 11.1 Å². The third-order valence-corrected chi connectivity index (χ3v) is 2.82. The minimum atomic E-state index is -4.49. The van der Waals surface area contributed by atoms with Crippen LogP contribution in [0, 0.1) is 5.82 Å². The van der Waals surface area contributed by atoms with Crippen LogP contribution < -0.4 is 5.32 Å². The first-order valence-corrected chi connectivity index (χ1v) is 6.72. The van der Waals surface area contributed by atoms with Gasteiger partial charge in [-0.1, -0.05) is 23.4 Å². The van der Waals surface area contributed by atoms with Crippen LogP contribution in [0.3, 0.4) is 0 Å². The van der Waals surface area contributed by atoms with Gasteiger partial charge in [0.2, 0.25) is 0 Å². The van der Waals surface area contributed by atoms with E-state index in [0.717, 1.165) is 12.1 Å². The number of benzene rings is 2. The largest absolute Gasteiger partial charge is 0.416 e. The quantitative estimate of drug-likeness (QED) is 0.511. The Morgan fingerprint density at radius 1 is 1.17 bits per heavy atom. The first-order chi connectivity index (χ1) is 11.3. The van der Waals surface area contributed by atoms with Crippen LogP contribution in [0.4, 0.5) is 23.2 Å². The van der Waals surface area contributed by atoms with Crippen molar-refractivity contribution in [2.75, 3.05) is 11.9 Å². The number of hydrogen-bond donors (Lipinski definition) is 1. The van der Waals surface area contributed by atoms with E-state index in [1.165, 1.54) is 42.6 Å². The maximum Gasteiger partial charge on any atom is 0.416 e. The molecule has 2 aromatic carbocycles. The van der Waals surface area contributed by atoms with Crippen molar-refractivity contribution < 1.29 is 27.2 Å². The predicted octanol–water partition coefficient (Wildman–Crippen LogP) is 3.83. The Morgan fingerprint density at radius 3 is 2.54 bits per heavy atom. The topological polar surface area (TPSA) is 50.7 Å². The number of carbonyl (C=O) groups excluding carboxylic acids is 1. The minimum absolute atomic E-state index is 0.000870. The molecule has 0 radical (unpaired) electrons. The van der Waals surface area contributed by atoms with Crippen LogP contribution in [0.25, 0.3) is 0 Å². The zero-order chi connectivity index (χ0) is 17.6. The van der Waals surface area contributed by atoms with Crippen molar-refractivity contribution in [2.24, 2.45) is 5.16 Å². The Morgan fingerprint density at radius 2 is 1.88 bits per heavy atom. The minimum Gasteiger partial charge on any atom is -0.386 e. The molecule has 8 heteroatoms. The third-order valence-electron chi connectivity index (χ3n) is 2.82. The van der Waals surface area contributed by atoms with Gasteiger partial charge in [-0.2, -0.15) is 13.2 Å². The number of alkyl halides is 3. The van der Waals surface area contributed by atoms with E-state index >= 15 is 0 Å². The summed E-state index contributed by atoms with van der Waals surface area (Å²) < 4.78 is 50.4. The molecule has 0 saturated carbocycles. The van der Waals surface area contributed by atoms with Crippen LogP contribution >= 0.6 is 0 Å². The second kappa shape index (κ2) is 7.58. The van der Waals surface area contributed by atoms with E-state index in [9.17, 15) is 22.4 Å². The van der Waals surface area contributed by atoms with Gasteiger partial charge in [-0.3, -0.25) is 4.79 Å². The summed E-state index contributed by atoms with van der Waals surface area (Å²) in [6, 6.07) is 9.64. The highest BCUT2D eigenvalue weighted by atomic mass is 19.4. The molecule has 0 bridgehead atoms. The number of halogens is 4. The van der Waals surface area contributed by atoms with E-state index < -0.39 is 30.1 Å². The number of anilines is 1. The lowest BCUT2D eigenvalue weighted by molar-refractivity contribution is -0.137. The van der Waals surface area contributed by atoms with Gasteiger partial charge < -0.3 is 10.2 Å². The van der Waals surface area contributed by atoms with Gasteiger partial charge in [0.15, 0.2) is 6.61 Å². The van der Waals surface area contributed by atoms with Crippen molar-refractivity contribution in [2.45, 2.75) is 6.18 Å². The van der Waals surface area contributed by atoms with Gasteiger partial charge in [0.1, 0.15) is 5.82 Å². The fraction of sp³-hybridized carbons (Fsp3) is 0.125. The molecule has 0 aliphatic heterocycles. The summed E-state index contributed by atoms with van der Waals surface area (Å²) in [5.41, 5.74) is -0.300. The van der Waals surface area contributed by atoms with E-state index in [1.807, 2.05) is 0 Å². The molecule has 0 fully saturated rings. The van der Waals surface area contributed by atoms with E-state index in [0.29, 0.717) is 5.56 Å². The molecule has 1 amide bonds. The number of amides is 1. The van der Waals surface area contributed by atoms with E-state index in [2.05, 4.69) is 10.5 Å². The molecule has 24 heavy (non-hydrogen) atoms. The van der Waals surface area contributed by atoms with Crippen molar-refractivity contribution in [1.82, 2.24) is 0 Å². The first kappa shape index (κ1) is 17.5. The van der Waals surface area contributed by atoms with E-state index in [-0.39, 0.29) is 5.69 Å². The van der Waals surface area contributed by atoms with Gasteiger partial charge >= 0.3 is 6.18 Å². The molecule has 0 unspecified atom stereocenters. The number of hydrogen-bond acceptors (Lipinski definition) is 3. The SMILES string of the molecule is O=C(CO/N=C/c1ccc(F)cc1)Nc1cccc(C(F)(F)F)c1. The Balaban J connectivity index is 1.84. The first-order valence-electron chi connectivity index (χ1n) is 6.72. The molecular weight excluding hydrogens is 328 g/mol. The Bertz CT molecular complexity index is 728. The normalized spacial score (nSPS) is 11.5. The predicted molar refractivity (Wildman–Crippen MR) is 80.0 cm³/mol. The monoisotopic (exact) mass is 340 g/mol. The lowest BCUT2D eigenvalue weighted by atomic mass is 10.2. The fourth-order valence-electron chi connectivity index (χ4n) is 1.71. The van der Waals surface area contributed by atoms with Gasteiger partial charge in [0, 0.05) is 5.69 Å². The van der Waals surface area contributed by atoms with Gasteiger partial charge in [0.25, 0.3) is 5.91 Å². The number of oxime groups is 1. The number of carbonyl (C=O) groups is 1. The molecule has 0 spiro atoms. The smallest absolute Gasteiger partial charge is 0.386 e. The van der Waals surface area contributed by atoms with Crippen molar-refractivity contribution in [3.8, 4) is 0 Å². The van der Waals surface area contributed by atoms with E-state index in [4.69, 9.17) is 4.84 Å². The summed E-state index contributed by atoms with van der Waals surface area (Å²) in [4.78, 5) is 16.3. The fourth-order valence-corrected chi connectivity index (χ4v) is 1.71. The summed E-state index contributed by atoms with van der Waals surface area (Å²) in [6.45, 7) is -0.478. The zero-order valence-electron chi connectivity index (χ0n) is 12.2. The molecule has 0 saturated heterocycles. The Hall–Kier alpha value is -2.90. The van der Waals surface area contributed by atoms with Crippen LogP contribution in [-0.2, 0) is 15.8 Å². The van der Waals surface area contributed by atoms with Crippen molar-refractivity contribution >= 4 is 17.8 Å². The van der Waals surface area contributed by atoms with Crippen molar-refractivity contribution in [3.63, 3.8) is 0 Å². The van der Waals surface area contributed by atoms with Gasteiger partial charge in [-0.25, -0.2) is 4.39 Å². The Kier molecular flexibility index (Phi) is 5.51. The highest BCUT2D eigenvalue weighted by Gasteiger charge is 2.30. The Labute approximate surface area is 134 Å². The molecule has 1 N–H and O–H groups in total. The lowest BCUT2D eigenvalue weighted by Gasteiger charge is -2.09. The maximum absolute atomic E-state index is 12.7.